The minimum atomic E-state index is -0.369. The highest BCUT2D eigenvalue weighted by atomic mass is 19.1. The molecule has 5 nitrogen and oxygen atoms in total. The van der Waals surface area contributed by atoms with E-state index in [1.807, 2.05) is 18.2 Å². The summed E-state index contributed by atoms with van der Waals surface area (Å²) in [4.78, 5) is 30.1. The number of hydrogen-bond acceptors (Lipinski definition) is 3. The Kier molecular flexibility index (Phi) is 6.33. The molecular formula is C26H32FN3O2. The lowest BCUT2D eigenvalue weighted by Gasteiger charge is -2.50. The van der Waals surface area contributed by atoms with Crippen LogP contribution in [0.3, 0.4) is 0 Å². The molecule has 4 rings (SSSR count). The van der Waals surface area contributed by atoms with Gasteiger partial charge in [0.05, 0.1) is 5.92 Å². The van der Waals surface area contributed by atoms with E-state index < -0.39 is 0 Å². The normalized spacial score (nSPS) is 19.9. The minimum Gasteiger partial charge on any atom is -0.356 e. The molecule has 32 heavy (non-hydrogen) atoms. The van der Waals surface area contributed by atoms with Crippen LogP contribution >= 0.6 is 0 Å². The third-order valence-electron chi connectivity index (χ3n) is 6.69. The smallest absolute Gasteiger partial charge is 0.253 e. The van der Waals surface area contributed by atoms with Crippen molar-refractivity contribution in [2.45, 2.75) is 27.3 Å². The maximum Gasteiger partial charge on any atom is 0.253 e. The van der Waals surface area contributed by atoms with E-state index in [0.29, 0.717) is 43.2 Å². The van der Waals surface area contributed by atoms with Crippen LogP contribution in [0.25, 0.3) is 0 Å². The number of nitrogens with zero attached hydrogens (tertiary/aromatic N) is 2. The molecule has 0 aromatic heterocycles. The Balaban J connectivity index is 1.48. The standard InChI is InChI=1S/C26H32FN3O2/c1-18(2)12-28-24(31)22-14-29(13-20-7-5-4-6-8-20)15-26(22)16-30(17-26)25(32)21-10-9-19(3)23(27)11-21/h4-11,18,22H,12-17H2,1-3H3,(H,28,31). The van der Waals surface area contributed by atoms with Crippen LogP contribution in [-0.4, -0.2) is 54.3 Å². The van der Waals surface area contributed by atoms with Gasteiger partial charge in [0.25, 0.3) is 5.91 Å². The van der Waals surface area contributed by atoms with Crippen molar-refractivity contribution in [3.8, 4) is 0 Å². The first-order chi connectivity index (χ1) is 15.3. The molecule has 2 aliphatic heterocycles. The van der Waals surface area contributed by atoms with Crippen LogP contribution in [0.5, 0.6) is 0 Å². The number of benzene rings is 2. The molecule has 2 heterocycles. The van der Waals surface area contributed by atoms with Gasteiger partial charge in [-0.05, 0) is 36.1 Å². The molecule has 2 aromatic rings. The lowest BCUT2D eigenvalue weighted by Crippen LogP contribution is -2.64. The number of halogens is 1. The van der Waals surface area contributed by atoms with Gasteiger partial charge in [-0.25, -0.2) is 4.39 Å². The molecule has 0 saturated carbocycles. The van der Waals surface area contributed by atoms with Crippen molar-refractivity contribution < 1.29 is 14.0 Å². The molecular weight excluding hydrogens is 405 g/mol. The minimum absolute atomic E-state index is 0.0720. The second-order valence-corrected chi connectivity index (χ2v) is 9.83. The van der Waals surface area contributed by atoms with E-state index in [1.54, 1.807) is 24.0 Å². The molecule has 0 aliphatic carbocycles. The topological polar surface area (TPSA) is 52.7 Å². The van der Waals surface area contributed by atoms with E-state index in [4.69, 9.17) is 0 Å². The lowest BCUT2D eigenvalue weighted by molar-refractivity contribution is -0.131. The molecule has 1 spiro atoms. The number of likely N-dealkylation sites (tertiary alicyclic amines) is 2. The largest absolute Gasteiger partial charge is 0.356 e. The second-order valence-electron chi connectivity index (χ2n) is 9.83. The van der Waals surface area contributed by atoms with Crippen molar-refractivity contribution in [3.05, 3.63) is 71.0 Å². The van der Waals surface area contributed by atoms with Gasteiger partial charge in [-0.1, -0.05) is 50.2 Å². The number of aryl methyl sites for hydroxylation is 1. The molecule has 2 amide bonds. The van der Waals surface area contributed by atoms with E-state index in [-0.39, 0.29) is 29.0 Å². The summed E-state index contributed by atoms with van der Waals surface area (Å²) < 4.78 is 14.0. The van der Waals surface area contributed by atoms with E-state index in [2.05, 4.69) is 36.2 Å². The van der Waals surface area contributed by atoms with Crippen LogP contribution in [-0.2, 0) is 11.3 Å². The van der Waals surface area contributed by atoms with Crippen molar-refractivity contribution in [1.82, 2.24) is 15.1 Å². The van der Waals surface area contributed by atoms with Crippen molar-refractivity contribution in [3.63, 3.8) is 0 Å². The Labute approximate surface area is 189 Å². The Morgan fingerprint density at radius 1 is 1.12 bits per heavy atom. The number of amides is 2. The van der Waals surface area contributed by atoms with Gasteiger partial charge in [0.1, 0.15) is 5.82 Å². The van der Waals surface area contributed by atoms with E-state index >= 15 is 0 Å². The molecule has 2 saturated heterocycles. The number of carbonyl (C=O) groups is 2. The van der Waals surface area contributed by atoms with Gasteiger partial charge in [0.2, 0.25) is 5.91 Å². The predicted molar refractivity (Wildman–Crippen MR) is 123 cm³/mol. The Hall–Kier alpha value is -2.73. The van der Waals surface area contributed by atoms with Crippen LogP contribution in [0, 0.1) is 30.0 Å². The highest BCUT2D eigenvalue weighted by molar-refractivity contribution is 5.95. The number of nitrogens with one attached hydrogen (secondary N) is 1. The highest BCUT2D eigenvalue weighted by Crippen LogP contribution is 2.45. The number of carbonyl (C=O) groups excluding carboxylic acids is 2. The monoisotopic (exact) mass is 437 g/mol. The molecule has 0 radical (unpaired) electrons. The summed E-state index contributed by atoms with van der Waals surface area (Å²) in [6, 6.07) is 14.9. The van der Waals surface area contributed by atoms with Gasteiger partial charge in [0, 0.05) is 50.2 Å². The summed E-state index contributed by atoms with van der Waals surface area (Å²) in [5.74, 6) is -0.247. The zero-order valence-electron chi connectivity index (χ0n) is 19.1. The number of hydrogen-bond donors (Lipinski definition) is 1. The second kappa shape index (κ2) is 9.02. The predicted octanol–water partition coefficient (Wildman–Crippen LogP) is 3.48. The lowest BCUT2D eigenvalue weighted by atomic mass is 9.71. The van der Waals surface area contributed by atoms with Crippen molar-refractivity contribution >= 4 is 11.8 Å². The molecule has 2 aromatic carbocycles. The molecule has 6 heteroatoms. The fourth-order valence-corrected chi connectivity index (χ4v) is 4.91. The van der Waals surface area contributed by atoms with Crippen LogP contribution < -0.4 is 5.32 Å². The summed E-state index contributed by atoms with van der Waals surface area (Å²) in [5, 5.41) is 3.10. The zero-order chi connectivity index (χ0) is 22.9. The molecule has 0 bridgehead atoms. The summed E-state index contributed by atoms with van der Waals surface area (Å²) in [6.07, 6.45) is 0. The molecule has 170 valence electrons. The Morgan fingerprint density at radius 2 is 1.84 bits per heavy atom. The van der Waals surface area contributed by atoms with Gasteiger partial charge >= 0.3 is 0 Å². The summed E-state index contributed by atoms with van der Waals surface area (Å²) >= 11 is 0. The van der Waals surface area contributed by atoms with Crippen LogP contribution in [0.4, 0.5) is 4.39 Å². The van der Waals surface area contributed by atoms with Gasteiger partial charge in [-0.15, -0.1) is 0 Å². The maximum absolute atomic E-state index is 14.0. The van der Waals surface area contributed by atoms with E-state index in [1.165, 1.54) is 11.6 Å². The van der Waals surface area contributed by atoms with Crippen LogP contribution in [0.1, 0.15) is 35.3 Å². The van der Waals surface area contributed by atoms with Crippen LogP contribution in [0.2, 0.25) is 0 Å². The fourth-order valence-electron chi connectivity index (χ4n) is 4.91. The third-order valence-corrected chi connectivity index (χ3v) is 6.69. The third kappa shape index (κ3) is 4.56. The Bertz CT molecular complexity index is 986. The quantitative estimate of drug-likeness (QED) is 0.753. The molecule has 1 unspecified atom stereocenters. The first-order valence-electron chi connectivity index (χ1n) is 11.4. The highest BCUT2D eigenvalue weighted by Gasteiger charge is 2.57. The van der Waals surface area contributed by atoms with Crippen molar-refractivity contribution in [2.75, 3.05) is 32.7 Å². The average Bonchev–Trinajstić information content (AvgIpc) is 3.12. The van der Waals surface area contributed by atoms with Gasteiger partial charge in [-0.2, -0.15) is 0 Å². The van der Waals surface area contributed by atoms with E-state index in [9.17, 15) is 14.0 Å². The van der Waals surface area contributed by atoms with Crippen molar-refractivity contribution in [2.24, 2.45) is 17.3 Å². The maximum atomic E-state index is 14.0. The summed E-state index contributed by atoms with van der Waals surface area (Å²) in [7, 11) is 0. The van der Waals surface area contributed by atoms with Gasteiger partial charge in [-0.3, -0.25) is 14.5 Å². The van der Waals surface area contributed by atoms with Crippen molar-refractivity contribution in [1.29, 1.82) is 0 Å². The SMILES string of the molecule is Cc1ccc(C(=O)N2CC3(CN(Cc4ccccc4)CC3C(=O)NCC(C)C)C2)cc1F. The first-order valence-corrected chi connectivity index (χ1v) is 11.4. The van der Waals surface area contributed by atoms with E-state index in [0.717, 1.165) is 13.1 Å². The van der Waals surface area contributed by atoms with Gasteiger partial charge < -0.3 is 10.2 Å². The average molecular weight is 438 g/mol. The zero-order valence-corrected chi connectivity index (χ0v) is 19.1. The molecule has 1 atom stereocenters. The molecule has 1 N–H and O–H groups in total. The van der Waals surface area contributed by atoms with Crippen LogP contribution in [0.15, 0.2) is 48.5 Å². The first kappa shape index (κ1) is 22.5. The molecule has 2 aliphatic rings. The Morgan fingerprint density at radius 3 is 2.50 bits per heavy atom. The fraction of sp³-hybridized carbons (Fsp3) is 0.462. The van der Waals surface area contributed by atoms with Gasteiger partial charge in [0.15, 0.2) is 0 Å². The summed E-state index contributed by atoms with van der Waals surface area (Å²) in [5.41, 5.74) is 1.85. The summed E-state index contributed by atoms with van der Waals surface area (Å²) in [6.45, 7) is 9.77. The number of rotatable bonds is 6. The molecule has 2 fully saturated rings.